The molecule has 0 aromatic heterocycles. The van der Waals surface area contributed by atoms with E-state index in [0.29, 0.717) is 0 Å². The number of nitrogens with one attached hydrogen (secondary N) is 2. The largest absolute Gasteiger partial charge is 0.457 e. The summed E-state index contributed by atoms with van der Waals surface area (Å²) in [5.74, 6) is 1.54. The van der Waals surface area contributed by atoms with Crippen LogP contribution in [0.25, 0.3) is 0 Å². The van der Waals surface area contributed by atoms with Gasteiger partial charge in [-0.1, -0.05) is 36.4 Å². The van der Waals surface area contributed by atoms with Crippen molar-refractivity contribution in [3.63, 3.8) is 0 Å². The van der Waals surface area contributed by atoms with Gasteiger partial charge in [-0.25, -0.2) is 9.80 Å². The number of amides is 2. The highest BCUT2D eigenvalue weighted by Gasteiger charge is 2.28. The minimum Gasteiger partial charge on any atom is -0.457 e. The summed E-state index contributed by atoms with van der Waals surface area (Å²) in [5.41, 5.74) is 4.59. The van der Waals surface area contributed by atoms with E-state index in [1.165, 1.54) is 0 Å². The number of carbonyl (C=O) groups is 1. The molecule has 0 fully saturated rings. The lowest BCUT2D eigenvalue weighted by molar-refractivity contribution is 0.209. The monoisotopic (exact) mass is 283 g/mol. The number of carbonyl (C=O) groups excluding carboxylic acids is 1. The number of para-hydroxylation sites is 2. The SMILES string of the molecule is CN(C)NC(=O)NC1c2ccccc2Oc2ccccc21. The van der Waals surface area contributed by atoms with E-state index >= 15 is 0 Å². The minimum absolute atomic E-state index is 0.230. The summed E-state index contributed by atoms with van der Waals surface area (Å²) in [6.07, 6.45) is 0. The fourth-order valence-electron chi connectivity index (χ4n) is 2.43. The first-order valence-corrected chi connectivity index (χ1v) is 6.75. The molecule has 5 heteroatoms. The number of benzene rings is 2. The molecule has 5 nitrogen and oxygen atoms in total. The van der Waals surface area contributed by atoms with E-state index in [4.69, 9.17) is 4.74 Å². The molecule has 0 unspecified atom stereocenters. The molecule has 2 aromatic rings. The van der Waals surface area contributed by atoms with E-state index in [0.717, 1.165) is 22.6 Å². The third kappa shape index (κ3) is 2.68. The molecule has 108 valence electrons. The molecule has 1 aliphatic heterocycles. The zero-order valence-electron chi connectivity index (χ0n) is 12.0. The molecule has 2 aromatic carbocycles. The van der Waals surface area contributed by atoms with Gasteiger partial charge in [0, 0.05) is 25.2 Å². The van der Waals surface area contributed by atoms with E-state index in [-0.39, 0.29) is 12.1 Å². The molecule has 1 heterocycles. The molecule has 21 heavy (non-hydrogen) atoms. The van der Waals surface area contributed by atoms with Crippen molar-refractivity contribution < 1.29 is 9.53 Å². The van der Waals surface area contributed by atoms with Gasteiger partial charge in [0.05, 0.1) is 6.04 Å². The Kier molecular flexibility index (Phi) is 3.50. The molecule has 0 saturated heterocycles. The van der Waals surface area contributed by atoms with Crippen LogP contribution < -0.4 is 15.5 Å². The van der Waals surface area contributed by atoms with Crippen LogP contribution in [0.15, 0.2) is 48.5 Å². The average Bonchev–Trinajstić information content (AvgIpc) is 2.46. The average molecular weight is 283 g/mol. The van der Waals surface area contributed by atoms with Crippen molar-refractivity contribution in [3.05, 3.63) is 59.7 Å². The van der Waals surface area contributed by atoms with Crippen LogP contribution in [0.3, 0.4) is 0 Å². The Hall–Kier alpha value is -2.53. The standard InChI is InChI=1S/C16H17N3O2/c1-19(2)18-16(20)17-15-11-7-3-5-9-13(11)21-14-10-6-4-8-12(14)15/h3-10,15H,1-2H3,(H2,17,18,20). The second-order valence-corrected chi connectivity index (χ2v) is 5.09. The number of nitrogens with zero attached hydrogens (tertiary/aromatic N) is 1. The number of rotatable bonds is 2. The van der Waals surface area contributed by atoms with Gasteiger partial charge in [0.1, 0.15) is 11.5 Å². The third-order valence-electron chi connectivity index (χ3n) is 3.28. The van der Waals surface area contributed by atoms with Crippen molar-refractivity contribution in [2.24, 2.45) is 0 Å². The lowest BCUT2D eigenvalue weighted by atomic mass is 9.95. The summed E-state index contributed by atoms with van der Waals surface area (Å²) in [6.45, 7) is 0. The van der Waals surface area contributed by atoms with Gasteiger partial charge >= 0.3 is 6.03 Å². The number of hydrogen-bond acceptors (Lipinski definition) is 3. The number of hydrazine groups is 1. The molecular weight excluding hydrogens is 266 g/mol. The molecule has 0 spiro atoms. The van der Waals surface area contributed by atoms with Gasteiger partial charge in [0.15, 0.2) is 0 Å². The van der Waals surface area contributed by atoms with Gasteiger partial charge < -0.3 is 10.1 Å². The number of hydrogen-bond donors (Lipinski definition) is 2. The maximum absolute atomic E-state index is 12.0. The van der Waals surface area contributed by atoms with Gasteiger partial charge in [-0.05, 0) is 12.1 Å². The number of ether oxygens (including phenoxy) is 1. The Morgan fingerprint density at radius 1 is 1.00 bits per heavy atom. The molecule has 0 atom stereocenters. The van der Waals surface area contributed by atoms with Crippen LogP contribution >= 0.6 is 0 Å². The fraction of sp³-hybridized carbons (Fsp3) is 0.188. The van der Waals surface area contributed by atoms with Crippen molar-refractivity contribution in [2.75, 3.05) is 14.1 Å². The van der Waals surface area contributed by atoms with Gasteiger partial charge in [-0.3, -0.25) is 5.43 Å². The summed E-state index contributed by atoms with van der Waals surface area (Å²) in [4.78, 5) is 12.0. The quantitative estimate of drug-likeness (QED) is 0.833. The van der Waals surface area contributed by atoms with E-state index in [1.807, 2.05) is 48.5 Å². The summed E-state index contributed by atoms with van der Waals surface area (Å²) in [5, 5.41) is 4.59. The molecule has 1 aliphatic rings. The molecule has 0 saturated carbocycles. The maximum atomic E-state index is 12.0. The molecular formula is C16H17N3O2. The van der Waals surface area contributed by atoms with Gasteiger partial charge in [0.2, 0.25) is 0 Å². The Morgan fingerprint density at radius 2 is 1.52 bits per heavy atom. The van der Waals surface area contributed by atoms with Crippen LogP contribution in [-0.2, 0) is 0 Å². The molecule has 2 N–H and O–H groups in total. The van der Waals surface area contributed by atoms with Crippen molar-refractivity contribution in [1.82, 2.24) is 15.8 Å². The molecule has 0 bridgehead atoms. The van der Waals surface area contributed by atoms with Gasteiger partial charge in [-0.15, -0.1) is 0 Å². The Labute approximate surface area is 123 Å². The van der Waals surface area contributed by atoms with Gasteiger partial charge in [0.25, 0.3) is 0 Å². The smallest absolute Gasteiger partial charge is 0.330 e. The zero-order valence-corrected chi connectivity index (χ0v) is 12.0. The summed E-state index contributed by atoms with van der Waals surface area (Å²) < 4.78 is 5.89. The predicted octanol–water partition coefficient (Wildman–Crippen LogP) is 2.66. The lowest BCUT2D eigenvalue weighted by Crippen LogP contribution is -2.45. The van der Waals surface area contributed by atoms with Crippen molar-refractivity contribution in [1.29, 1.82) is 0 Å². The Morgan fingerprint density at radius 3 is 2.05 bits per heavy atom. The van der Waals surface area contributed by atoms with Crippen LogP contribution in [0, 0.1) is 0 Å². The first-order chi connectivity index (χ1) is 10.1. The summed E-state index contributed by atoms with van der Waals surface area (Å²) in [6, 6.07) is 15.0. The number of urea groups is 1. The second-order valence-electron chi connectivity index (χ2n) is 5.09. The predicted molar refractivity (Wildman–Crippen MR) is 80.2 cm³/mol. The lowest BCUT2D eigenvalue weighted by Gasteiger charge is -2.29. The van der Waals surface area contributed by atoms with E-state index in [9.17, 15) is 4.79 Å². The first-order valence-electron chi connectivity index (χ1n) is 6.75. The highest BCUT2D eigenvalue weighted by molar-refractivity contribution is 5.75. The van der Waals surface area contributed by atoms with Crippen molar-refractivity contribution in [2.45, 2.75) is 6.04 Å². The van der Waals surface area contributed by atoms with Crippen LogP contribution in [0.1, 0.15) is 17.2 Å². The maximum Gasteiger partial charge on any atom is 0.330 e. The Bertz CT molecular complexity index is 625. The highest BCUT2D eigenvalue weighted by atomic mass is 16.5. The van der Waals surface area contributed by atoms with E-state index < -0.39 is 0 Å². The first kappa shape index (κ1) is 13.5. The van der Waals surface area contributed by atoms with E-state index in [1.54, 1.807) is 19.1 Å². The minimum atomic E-state index is -0.253. The number of fused-ring (bicyclic) bond motifs is 2. The molecule has 0 aliphatic carbocycles. The normalized spacial score (nSPS) is 13.1. The Balaban J connectivity index is 1.97. The van der Waals surface area contributed by atoms with Crippen LogP contribution in [-0.4, -0.2) is 25.1 Å². The third-order valence-corrected chi connectivity index (χ3v) is 3.28. The summed E-state index contributed by atoms with van der Waals surface area (Å²) >= 11 is 0. The highest BCUT2D eigenvalue weighted by Crippen LogP contribution is 2.42. The van der Waals surface area contributed by atoms with Crippen LogP contribution in [0.4, 0.5) is 4.79 Å². The van der Waals surface area contributed by atoms with Crippen molar-refractivity contribution >= 4 is 6.03 Å². The second kappa shape index (κ2) is 5.46. The van der Waals surface area contributed by atoms with Crippen LogP contribution in [0.2, 0.25) is 0 Å². The molecule has 3 rings (SSSR count). The topological polar surface area (TPSA) is 53.6 Å². The zero-order chi connectivity index (χ0) is 14.8. The van der Waals surface area contributed by atoms with Gasteiger partial charge in [-0.2, -0.15) is 0 Å². The summed E-state index contributed by atoms with van der Waals surface area (Å²) in [7, 11) is 3.54. The fourth-order valence-corrected chi connectivity index (χ4v) is 2.43. The molecule has 0 radical (unpaired) electrons. The van der Waals surface area contributed by atoms with Crippen molar-refractivity contribution in [3.8, 4) is 11.5 Å². The van der Waals surface area contributed by atoms with E-state index in [2.05, 4.69) is 10.7 Å². The van der Waals surface area contributed by atoms with Crippen LogP contribution in [0.5, 0.6) is 11.5 Å². The molecule has 2 amide bonds.